The first-order valence-corrected chi connectivity index (χ1v) is 3.48. The van der Waals surface area contributed by atoms with Crippen molar-refractivity contribution >= 4 is 11.6 Å². The minimum Gasteiger partial charge on any atom is -0.386 e. The molecule has 1 aromatic rings. The molecule has 1 unspecified atom stereocenters. The molecule has 1 heterocycles. The van der Waals surface area contributed by atoms with Crippen LogP contribution in [0.5, 0.6) is 0 Å². The highest BCUT2D eigenvalue weighted by Crippen LogP contribution is 2.19. The van der Waals surface area contributed by atoms with Crippen molar-refractivity contribution in [2.75, 3.05) is 6.67 Å². The highest BCUT2D eigenvalue weighted by Gasteiger charge is 2.10. The molecule has 1 aromatic heterocycles. The summed E-state index contributed by atoms with van der Waals surface area (Å²) < 4.78 is 11.9. The van der Waals surface area contributed by atoms with Gasteiger partial charge in [-0.1, -0.05) is 17.7 Å². The van der Waals surface area contributed by atoms with Gasteiger partial charge in [-0.15, -0.1) is 0 Å². The summed E-state index contributed by atoms with van der Waals surface area (Å²) in [5.74, 6) is 0. The lowest BCUT2D eigenvalue weighted by atomic mass is 10.2. The van der Waals surface area contributed by atoms with Crippen molar-refractivity contribution in [1.29, 1.82) is 0 Å². The van der Waals surface area contributed by atoms with E-state index in [2.05, 4.69) is 4.98 Å². The van der Waals surface area contributed by atoms with Crippen molar-refractivity contribution < 1.29 is 9.50 Å². The molecular weight excluding hydrogens is 169 g/mol. The number of rotatable bonds is 2. The Labute approximate surface area is 68.6 Å². The lowest BCUT2D eigenvalue weighted by Crippen LogP contribution is -2.00. The summed E-state index contributed by atoms with van der Waals surface area (Å²) in [7, 11) is 0. The lowest BCUT2D eigenvalue weighted by Gasteiger charge is -2.06. The largest absolute Gasteiger partial charge is 0.386 e. The first-order valence-electron chi connectivity index (χ1n) is 3.10. The lowest BCUT2D eigenvalue weighted by molar-refractivity contribution is 0.141. The van der Waals surface area contributed by atoms with Gasteiger partial charge in [-0.2, -0.15) is 0 Å². The fourth-order valence-corrected chi connectivity index (χ4v) is 0.975. The van der Waals surface area contributed by atoms with Gasteiger partial charge in [0.05, 0.1) is 0 Å². The number of alkyl halides is 1. The van der Waals surface area contributed by atoms with E-state index in [1.54, 1.807) is 12.1 Å². The molecule has 0 aliphatic rings. The van der Waals surface area contributed by atoms with Crippen molar-refractivity contribution in [1.82, 2.24) is 4.98 Å². The van der Waals surface area contributed by atoms with Crippen molar-refractivity contribution in [3.05, 3.63) is 29.0 Å². The maximum absolute atomic E-state index is 11.9. The quantitative estimate of drug-likeness (QED) is 0.695. The van der Waals surface area contributed by atoms with Crippen LogP contribution in [0.2, 0.25) is 5.15 Å². The number of aliphatic hydroxyl groups is 1. The first-order chi connectivity index (χ1) is 5.25. The molecule has 0 amide bonds. The minimum absolute atomic E-state index is 0.151. The smallest absolute Gasteiger partial charge is 0.134 e. The van der Waals surface area contributed by atoms with E-state index >= 15 is 0 Å². The van der Waals surface area contributed by atoms with Crippen molar-refractivity contribution in [2.45, 2.75) is 6.10 Å². The van der Waals surface area contributed by atoms with E-state index < -0.39 is 12.8 Å². The third kappa shape index (κ3) is 1.88. The zero-order valence-corrected chi connectivity index (χ0v) is 6.42. The van der Waals surface area contributed by atoms with Gasteiger partial charge in [0, 0.05) is 11.8 Å². The van der Waals surface area contributed by atoms with E-state index in [9.17, 15) is 4.39 Å². The summed E-state index contributed by atoms with van der Waals surface area (Å²) in [6.45, 7) is -0.842. The number of hydrogen-bond acceptors (Lipinski definition) is 2. The minimum atomic E-state index is -1.16. The molecule has 0 radical (unpaired) electrons. The molecule has 0 aliphatic heterocycles. The number of hydrogen-bond donors (Lipinski definition) is 1. The van der Waals surface area contributed by atoms with Crippen LogP contribution in [-0.4, -0.2) is 16.8 Å². The second kappa shape index (κ2) is 3.64. The summed E-state index contributed by atoms with van der Waals surface area (Å²) >= 11 is 5.56. The van der Waals surface area contributed by atoms with Crippen LogP contribution in [0, 0.1) is 0 Å². The molecule has 0 saturated heterocycles. The third-order valence-corrected chi connectivity index (χ3v) is 1.61. The van der Waals surface area contributed by atoms with Gasteiger partial charge in [0.1, 0.15) is 17.9 Å². The summed E-state index contributed by atoms with van der Waals surface area (Å²) in [4.78, 5) is 3.69. The van der Waals surface area contributed by atoms with E-state index in [1.807, 2.05) is 0 Å². The Morgan fingerprint density at radius 3 is 3.00 bits per heavy atom. The molecule has 0 saturated carbocycles. The normalized spacial score (nSPS) is 13.0. The van der Waals surface area contributed by atoms with Crippen LogP contribution in [0.1, 0.15) is 11.7 Å². The molecule has 60 valence electrons. The molecule has 0 bridgehead atoms. The van der Waals surface area contributed by atoms with Crippen molar-refractivity contribution in [3.8, 4) is 0 Å². The van der Waals surface area contributed by atoms with Crippen LogP contribution in [0.25, 0.3) is 0 Å². The van der Waals surface area contributed by atoms with Crippen LogP contribution in [0.4, 0.5) is 4.39 Å². The molecule has 1 rings (SSSR count). The molecule has 1 N–H and O–H groups in total. The standard InChI is InChI=1S/C7H7ClFNO/c8-7-5(6(11)4-9)2-1-3-10-7/h1-3,6,11H,4H2. The van der Waals surface area contributed by atoms with Gasteiger partial charge in [0.15, 0.2) is 0 Å². The fourth-order valence-electron chi connectivity index (χ4n) is 0.730. The van der Waals surface area contributed by atoms with Gasteiger partial charge in [-0.05, 0) is 6.07 Å². The maximum atomic E-state index is 11.9. The Hall–Kier alpha value is -0.670. The molecule has 4 heteroatoms. The van der Waals surface area contributed by atoms with Crippen LogP contribution in [0.3, 0.4) is 0 Å². The summed E-state index contributed by atoms with van der Waals surface area (Å²) in [5, 5.41) is 9.16. The van der Waals surface area contributed by atoms with E-state index in [0.29, 0.717) is 5.56 Å². The van der Waals surface area contributed by atoms with Crippen LogP contribution in [0.15, 0.2) is 18.3 Å². The van der Waals surface area contributed by atoms with Gasteiger partial charge in [0.25, 0.3) is 0 Å². The monoisotopic (exact) mass is 175 g/mol. The molecule has 0 fully saturated rings. The first kappa shape index (κ1) is 8.43. The summed E-state index contributed by atoms with van der Waals surface area (Å²) in [6.07, 6.45) is 0.327. The summed E-state index contributed by atoms with van der Waals surface area (Å²) in [5.41, 5.74) is 0.330. The molecule has 0 aromatic carbocycles. The Morgan fingerprint density at radius 1 is 1.73 bits per heavy atom. The zero-order valence-electron chi connectivity index (χ0n) is 5.67. The Bertz CT molecular complexity index is 244. The van der Waals surface area contributed by atoms with Gasteiger partial charge in [-0.25, -0.2) is 9.37 Å². The van der Waals surface area contributed by atoms with Gasteiger partial charge >= 0.3 is 0 Å². The van der Waals surface area contributed by atoms with Crippen LogP contribution < -0.4 is 0 Å². The average molecular weight is 176 g/mol. The average Bonchev–Trinajstić information content (AvgIpc) is 2.04. The third-order valence-electron chi connectivity index (χ3n) is 1.29. The van der Waals surface area contributed by atoms with E-state index in [-0.39, 0.29) is 5.15 Å². The number of aliphatic hydroxyl groups excluding tert-OH is 1. The second-order valence-electron chi connectivity index (χ2n) is 2.05. The molecule has 2 nitrogen and oxygen atoms in total. The van der Waals surface area contributed by atoms with Crippen molar-refractivity contribution in [3.63, 3.8) is 0 Å². The van der Waals surface area contributed by atoms with Crippen LogP contribution in [-0.2, 0) is 0 Å². The van der Waals surface area contributed by atoms with E-state index in [1.165, 1.54) is 6.20 Å². The predicted molar refractivity (Wildman–Crippen MR) is 40.2 cm³/mol. The fraction of sp³-hybridized carbons (Fsp3) is 0.286. The number of pyridine rings is 1. The molecular formula is C7H7ClFNO. The Kier molecular flexibility index (Phi) is 2.79. The van der Waals surface area contributed by atoms with E-state index in [4.69, 9.17) is 16.7 Å². The van der Waals surface area contributed by atoms with E-state index in [0.717, 1.165) is 0 Å². The number of halogens is 2. The summed E-state index contributed by atoms with van der Waals surface area (Å²) in [6, 6.07) is 3.14. The molecule has 0 aliphatic carbocycles. The second-order valence-corrected chi connectivity index (χ2v) is 2.41. The van der Waals surface area contributed by atoms with Gasteiger partial charge in [0.2, 0.25) is 0 Å². The number of nitrogens with zero attached hydrogens (tertiary/aromatic N) is 1. The SMILES string of the molecule is OC(CF)c1cccnc1Cl. The van der Waals surface area contributed by atoms with Gasteiger partial charge < -0.3 is 5.11 Å². The topological polar surface area (TPSA) is 33.1 Å². The molecule has 11 heavy (non-hydrogen) atoms. The molecule has 1 atom stereocenters. The predicted octanol–water partition coefficient (Wildman–Crippen LogP) is 1.74. The zero-order chi connectivity index (χ0) is 8.27. The maximum Gasteiger partial charge on any atom is 0.134 e. The molecule has 0 spiro atoms. The highest BCUT2D eigenvalue weighted by atomic mass is 35.5. The van der Waals surface area contributed by atoms with Gasteiger partial charge in [-0.3, -0.25) is 0 Å². The van der Waals surface area contributed by atoms with Crippen LogP contribution >= 0.6 is 11.6 Å². The highest BCUT2D eigenvalue weighted by molar-refractivity contribution is 6.30. The Morgan fingerprint density at radius 2 is 2.45 bits per heavy atom. The Balaban J connectivity index is 2.93. The number of aromatic nitrogens is 1. The van der Waals surface area contributed by atoms with Crippen molar-refractivity contribution in [2.24, 2.45) is 0 Å².